The lowest BCUT2D eigenvalue weighted by atomic mass is 9.99. The summed E-state index contributed by atoms with van der Waals surface area (Å²) in [5.41, 5.74) is 0. The fraction of sp³-hybridized carbons (Fsp3) is 0.889. The van der Waals surface area contributed by atoms with E-state index < -0.39 is 0 Å². The van der Waals surface area contributed by atoms with Crippen LogP contribution in [0.3, 0.4) is 0 Å². The standard InChI is InChI=1S/C9H18O2/c1-4-6-9(10)8(5-2)7-11-3/h8H,4-7H2,1-3H3. The number of ketones is 1. The van der Waals surface area contributed by atoms with E-state index in [2.05, 4.69) is 0 Å². The zero-order valence-electron chi connectivity index (χ0n) is 7.72. The summed E-state index contributed by atoms with van der Waals surface area (Å²) in [4.78, 5) is 11.3. The van der Waals surface area contributed by atoms with E-state index >= 15 is 0 Å². The van der Waals surface area contributed by atoms with Gasteiger partial charge in [-0.05, 0) is 12.8 Å². The SMILES string of the molecule is CCCC(=O)C(CC)COC. The second-order valence-electron chi connectivity index (χ2n) is 2.78. The molecule has 1 atom stereocenters. The summed E-state index contributed by atoms with van der Waals surface area (Å²) in [5, 5.41) is 0. The monoisotopic (exact) mass is 158 g/mol. The third-order valence-electron chi connectivity index (χ3n) is 1.81. The third-order valence-corrected chi connectivity index (χ3v) is 1.81. The molecule has 66 valence electrons. The molecule has 0 aromatic heterocycles. The highest BCUT2D eigenvalue weighted by molar-refractivity contribution is 5.80. The van der Waals surface area contributed by atoms with E-state index in [1.807, 2.05) is 13.8 Å². The molecule has 2 nitrogen and oxygen atoms in total. The van der Waals surface area contributed by atoms with E-state index in [-0.39, 0.29) is 5.92 Å². The Morgan fingerprint density at radius 2 is 2.09 bits per heavy atom. The molecule has 0 rings (SSSR count). The van der Waals surface area contributed by atoms with Crippen molar-refractivity contribution < 1.29 is 9.53 Å². The number of methoxy groups -OCH3 is 1. The summed E-state index contributed by atoms with van der Waals surface area (Å²) in [6, 6.07) is 0. The van der Waals surface area contributed by atoms with Crippen LogP contribution < -0.4 is 0 Å². The van der Waals surface area contributed by atoms with Crippen LogP contribution in [-0.4, -0.2) is 19.5 Å². The molecule has 0 aromatic carbocycles. The zero-order valence-corrected chi connectivity index (χ0v) is 7.72. The van der Waals surface area contributed by atoms with Crippen LogP contribution in [0.1, 0.15) is 33.1 Å². The van der Waals surface area contributed by atoms with Crippen molar-refractivity contribution in [3.63, 3.8) is 0 Å². The van der Waals surface area contributed by atoms with Gasteiger partial charge in [0.15, 0.2) is 0 Å². The molecule has 1 unspecified atom stereocenters. The number of hydrogen-bond acceptors (Lipinski definition) is 2. The third kappa shape index (κ3) is 4.14. The Bertz CT molecular complexity index is 110. The summed E-state index contributed by atoms with van der Waals surface area (Å²) >= 11 is 0. The van der Waals surface area contributed by atoms with E-state index in [1.54, 1.807) is 7.11 Å². The highest BCUT2D eigenvalue weighted by atomic mass is 16.5. The summed E-state index contributed by atoms with van der Waals surface area (Å²) in [7, 11) is 1.64. The van der Waals surface area contributed by atoms with Crippen LogP contribution in [0.15, 0.2) is 0 Å². The van der Waals surface area contributed by atoms with Crippen LogP contribution in [0.2, 0.25) is 0 Å². The number of hydrogen-bond donors (Lipinski definition) is 0. The van der Waals surface area contributed by atoms with Crippen LogP contribution >= 0.6 is 0 Å². The van der Waals surface area contributed by atoms with E-state index in [4.69, 9.17) is 4.74 Å². The molecule has 0 N–H and O–H groups in total. The number of ether oxygens (including phenoxy) is 1. The molecule has 0 saturated carbocycles. The number of Topliss-reactive ketones (excluding diaryl/α,β-unsaturated/α-hetero) is 1. The maximum Gasteiger partial charge on any atom is 0.138 e. The molecule has 0 radical (unpaired) electrons. The molecule has 0 aromatic rings. The van der Waals surface area contributed by atoms with Gasteiger partial charge < -0.3 is 4.74 Å². The van der Waals surface area contributed by atoms with Crippen LogP contribution in [0.4, 0.5) is 0 Å². The summed E-state index contributed by atoms with van der Waals surface area (Å²) in [6.45, 7) is 4.63. The zero-order chi connectivity index (χ0) is 8.69. The summed E-state index contributed by atoms with van der Waals surface area (Å²) in [5.74, 6) is 0.469. The lowest BCUT2D eigenvalue weighted by molar-refractivity contribution is -0.124. The lowest BCUT2D eigenvalue weighted by Gasteiger charge is -2.10. The second kappa shape index (κ2) is 6.35. The van der Waals surface area contributed by atoms with Gasteiger partial charge in [-0.2, -0.15) is 0 Å². The normalized spacial score (nSPS) is 13.0. The first-order valence-electron chi connectivity index (χ1n) is 4.27. The molecule has 0 aliphatic heterocycles. The lowest BCUT2D eigenvalue weighted by Crippen LogP contribution is -2.18. The van der Waals surface area contributed by atoms with E-state index in [9.17, 15) is 4.79 Å². The van der Waals surface area contributed by atoms with Crippen LogP contribution in [0.5, 0.6) is 0 Å². The van der Waals surface area contributed by atoms with Crippen molar-refractivity contribution >= 4 is 5.78 Å². The van der Waals surface area contributed by atoms with Crippen LogP contribution in [0, 0.1) is 5.92 Å². The first-order chi connectivity index (χ1) is 5.26. The van der Waals surface area contributed by atoms with Crippen molar-refractivity contribution in [1.82, 2.24) is 0 Å². The Hall–Kier alpha value is -0.370. The molecule has 0 heterocycles. The van der Waals surface area contributed by atoms with Gasteiger partial charge in [-0.3, -0.25) is 4.79 Å². The van der Waals surface area contributed by atoms with Gasteiger partial charge in [0.2, 0.25) is 0 Å². The minimum absolute atomic E-state index is 0.125. The first kappa shape index (κ1) is 10.6. The predicted molar refractivity (Wildman–Crippen MR) is 45.6 cm³/mol. The van der Waals surface area contributed by atoms with Gasteiger partial charge in [-0.25, -0.2) is 0 Å². The fourth-order valence-electron chi connectivity index (χ4n) is 1.09. The smallest absolute Gasteiger partial charge is 0.138 e. The Kier molecular flexibility index (Phi) is 6.13. The summed E-state index contributed by atoms with van der Waals surface area (Å²) in [6.07, 6.45) is 2.54. The van der Waals surface area contributed by atoms with Crippen LogP contribution in [0.25, 0.3) is 0 Å². The Balaban J connectivity index is 3.71. The van der Waals surface area contributed by atoms with E-state index in [0.29, 0.717) is 18.8 Å². The maximum atomic E-state index is 11.3. The van der Waals surface area contributed by atoms with Crippen molar-refractivity contribution in [3.8, 4) is 0 Å². The molecule has 0 fully saturated rings. The topological polar surface area (TPSA) is 26.3 Å². The van der Waals surface area contributed by atoms with Crippen molar-refractivity contribution in [2.45, 2.75) is 33.1 Å². The molecular weight excluding hydrogens is 140 g/mol. The van der Waals surface area contributed by atoms with Crippen molar-refractivity contribution in [2.24, 2.45) is 5.92 Å². The van der Waals surface area contributed by atoms with Gasteiger partial charge in [-0.15, -0.1) is 0 Å². The van der Waals surface area contributed by atoms with Gasteiger partial charge in [-0.1, -0.05) is 13.8 Å². The maximum absolute atomic E-state index is 11.3. The number of carbonyl (C=O) groups excluding carboxylic acids is 1. The largest absolute Gasteiger partial charge is 0.384 e. The molecule has 2 heteroatoms. The van der Waals surface area contributed by atoms with Crippen molar-refractivity contribution in [1.29, 1.82) is 0 Å². The molecule has 0 amide bonds. The highest BCUT2D eigenvalue weighted by Gasteiger charge is 2.14. The number of carbonyl (C=O) groups is 1. The van der Waals surface area contributed by atoms with E-state index in [0.717, 1.165) is 12.8 Å². The Morgan fingerprint density at radius 3 is 2.45 bits per heavy atom. The first-order valence-corrected chi connectivity index (χ1v) is 4.27. The predicted octanol–water partition coefficient (Wildman–Crippen LogP) is 2.03. The minimum Gasteiger partial charge on any atom is -0.384 e. The molecule has 11 heavy (non-hydrogen) atoms. The fourth-order valence-corrected chi connectivity index (χ4v) is 1.09. The summed E-state index contributed by atoms with van der Waals surface area (Å²) < 4.78 is 4.94. The molecule has 0 aliphatic rings. The molecular formula is C9H18O2. The molecule has 0 bridgehead atoms. The van der Waals surface area contributed by atoms with Gasteiger partial charge in [0.1, 0.15) is 5.78 Å². The average molecular weight is 158 g/mol. The van der Waals surface area contributed by atoms with Gasteiger partial charge >= 0.3 is 0 Å². The van der Waals surface area contributed by atoms with Gasteiger partial charge in [0.25, 0.3) is 0 Å². The quantitative estimate of drug-likeness (QED) is 0.591. The second-order valence-corrected chi connectivity index (χ2v) is 2.78. The molecule has 0 aliphatic carbocycles. The van der Waals surface area contributed by atoms with Gasteiger partial charge in [0, 0.05) is 19.4 Å². The molecule has 0 saturated heterocycles. The average Bonchev–Trinajstić information content (AvgIpc) is 2.00. The Morgan fingerprint density at radius 1 is 1.45 bits per heavy atom. The van der Waals surface area contributed by atoms with E-state index in [1.165, 1.54) is 0 Å². The van der Waals surface area contributed by atoms with Gasteiger partial charge in [0.05, 0.1) is 6.61 Å². The minimum atomic E-state index is 0.125. The van der Waals surface area contributed by atoms with Crippen LogP contribution in [-0.2, 0) is 9.53 Å². The highest BCUT2D eigenvalue weighted by Crippen LogP contribution is 2.08. The Labute approximate surface area is 68.9 Å². The number of rotatable bonds is 6. The molecule has 0 spiro atoms. The van der Waals surface area contributed by atoms with Crippen molar-refractivity contribution in [2.75, 3.05) is 13.7 Å². The van der Waals surface area contributed by atoms with Crippen molar-refractivity contribution in [3.05, 3.63) is 0 Å².